The maximum atomic E-state index is 13.3. The fourth-order valence-corrected chi connectivity index (χ4v) is 7.12. The van der Waals surface area contributed by atoms with Crippen molar-refractivity contribution >= 4 is 63.5 Å². The second-order valence-electron chi connectivity index (χ2n) is 9.25. The number of carboxylic acid groups (broad SMARTS) is 1. The van der Waals surface area contributed by atoms with E-state index in [1.807, 2.05) is 0 Å². The summed E-state index contributed by atoms with van der Waals surface area (Å²) in [5, 5.41) is 42.3. The predicted molar refractivity (Wildman–Crippen MR) is 158 cm³/mol. The van der Waals surface area contributed by atoms with E-state index in [4.69, 9.17) is 10.6 Å². The highest BCUT2D eigenvalue weighted by Gasteiger charge is 2.54. The van der Waals surface area contributed by atoms with Gasteiger partial charge in [0.25, 0.3) is 11.8 Å². The normalized spacial score (nSPS) is 17.9. The third-order valence-corrected chi connectivity index (χ3v) is 9.52. The van der Waals surface area contributed by atoms with Gasteiger partial charge >= 0.3 is 17.1 Å². The summed E-state index contributed by atoms with van der Waals surface area (Å²) in [5.74, 6) is -3.49. The molecule has 3 aromatic rings. The lowest BCUT2D eigenvalue weighted by Gasteiger charge is -2.49. The average Bonchev–Trinajstić information content (AvgIpc) is 3.43. The molecule has 7 N–H and O–H groups in total. The van der Waals surface area contributed by atoms with E-state index >= 15 is 0 Å². The van der Waals surface area contributed by atoms with Crippen molar-refractivity contribution in [2.75, 3.05) is 17.2 Å². The molecule has 5 rings (SSSR count). The van der Waals surface area contributed by atoms with E-state index in [9.17, 15) is 44.2 Å². The first-order valence-electron chi connectivity index (χ1n) is 12.4. The monoisotopic (exact) mass is 679 g/mol. The third kappa shape index (κ3) is 6.14. The van der Waals surface area contributed by atoms with Gasteiger partial charge in [-0.15, -0.1) is 28.2 Å². The second-order valence-corrected chi connectivity index (χ2v) is 12.2. The zero-order chi connectivity index (χ0) is 32.6. The Kier molecular flexibility index (Phi) is 8.70. The molecule has 2 amide bonds. The van der Waals surface area contributed by atoms with Crippen LogP contribution in [-0.2, 0) is 32.9 Å². The molecule has 3 aromatic heterocycles. The number of anilines is 1. The number of thiazole rings is 1. The van der Waals surface area contributed by atoms with Crippen molar-refractivity contribution in [1.29, 1.82) is 0 Å². The summed E-state index contributed by atoms with van der Waals surface area (Å²) in [6, 6.07) is -0.250. The van der Waals surface area contributed by atoms with Crippen molar-refractivity contribution in [3.63, 3.8) is 0 Å². The van der Waals surface area contributed by atoms with Crippen LogP contribution in [0.15, 0.2) is 53.6 Å². The minimum atomic E-state index is -1.37. The number of nitrogen functional groups attached to an aromatic ring is 1. The number of fused-ring (bicyclic) bond motifs is 1. The molecule has 19 nitrogen and oxygen atoms in total. The fraction of sp³-hybridized carbons (Fsp3) is 0.261. The van der Waals surface area contributed by atoms with Crippen molar-refractivity contribution in [1.82, 2.24) is 34.7 Å². The number of nitrogens with two attached hydrogens (primary N) is 1. The summed E-state index contributed by atoms with van der Waals surface area (Å²) < 4.78 is 1.46. The number of nitrogens with one attached hydrogen (secondary N) is 2. The lowest BCUT2D eigenvalue weighted by molar-refractivity contribution is -0.150. The summed E-state index contributed by atoms with van der Waals surface area (Å²) >= 11 is 3.19. The molecule has 0 radical (unpaired) electrons. The van der Waals surface area contributed by atoms with Crippen LogP contribution in [0.4, 0.5) is 5.13 Å². The molecule has 22 heteroatoms. The number of aromatic nitrogens is 5. The average molecular weight is 680 g/mol. The summed E-state index contributed by atoms with van der Waals surface area (Å²) in [4.78, 5) is 84.0. The SMILES string of the molecule is Cn1c(SCC2=C(C(=O)O)N3C(=O)[C@@H](NC(=O)/C(=N/OCc4cc(=O)c(O)cn4O)c4csc(N)n4)[C@H]3SC2)n[nH]c(=O)c1=O. The number of carbonyl (C=O) groups excluding carboxylic acids is 2. The first kappa shape index (κ1) is 31.3. The number of aromatic amines is 1. The Balaban J connectivity index is 1.32. The molecule has 0 aliphatic carbocycles. The van der Waals surface area contributed by atoms with E-state index in [0.29, 0.717) is 10.3 Å². The Bertz CT molecular complexity index is 1960. The number of hydrogen-bond donors (Lipinski definition) is 6. The van der Waals surface area contributed by atoms with Crippen molar-refractivity contribution < 1.29 is 34.6 Å². The number of aliphatic carboxylic acids is 1. The van der Waals surface area contributed by atoms with Gasteiger partial charge in [0.1, 0.15) is 28.5 Å². The number of rotatable bonds is 10. The Morgan fingerprint density at radius 3 is 2.76 bits per heavy atom. The molecule has 0 spiro atoms. The number of pyridine rings is 1. The van der Waals surface area contributed by atoms with Crippen LogP contribution in [0.25, 0.3) is 0 Å². The van der Waals surface area contributed by atoms with E-state index in [1.54, 1.807) is 0 Å². The maximum absolute atomic E-state index is 13.3. The molecule has 5 heterocycles. The van der Waals surface area contributed by atoms with Gasteiger partial charge in [-0.1, -0.05) is 16.9 Å². The number of β-lactam (4-membered cyclic amide) rings is 1. The summed E-state index contributed by atoms with van der Waals surface area (Å²) in [6.07, 6.45) is 0.752. The first-order chi connectivity index (χ1) is 21.4. The molecule has 0 bridgehead atoms. The molecule has 236 valence electrons. The standard InChI is InChI=1S/C23H21N9O10S3/c1-30-19(38)17(36)27-28-23(30)45-6-8-5-43-20-14(18(37)32(20)15(8)21(39)40)26-16(35)13(10-7-44-22(24)25-10)29-42-4-9-2-11(33)12(34)3-31(9)41/h2-3,7,14,20,34,41H,4-6H2,1H3,(H2,24,25)(H,26,35)(H,27,36)(H,39,40)/b29-13+/t14-,20-/m1/s1. The maximum Gasteiger partial charge on any atom is 0.352 e. The highest BCUT2D eigenvalue weighted by atomic mass is 32.2. The van der Waals surface area contributed by atoms with Crippen LogP contribution in [0.2, 0.25) is 0 Å². The molecule has 1 fully saturated rings. The molecule has 0 saturated carbocycles. The first-order valence-corrected chi connectivity index (χ1v) is 15.3. The number of carbonyl (C=O) groups is 3. The molecule has 45 heavy (non-hydrogen) atoms. The molecule has 1 saturated heterocycles. The van der Waals surface area contributed by atoms with Crippen LogP contribution in [0.3, 0.4) is 0 Å². The smallest absolute Gasteiger partial charge is 0.352 e. The molecule has 0 unspecified atom stereocenters. The van der Waals surface area contributed by atoms with Crippen LogP contribution >= 0.6 is 34.9 Å². The summed E-state index contributed by atoms with van der Waals surface area (Å²) in [6.45, 7) is -0.507. The van der Waals surface area contributed by atoms with Crippen molar-refractivity contribution in [2.45, 2.75) is 23.2 Å². The highest BCUT2D eigenvalue weighted by Crippen LogP contribution is 2.41. The van der Waals surface area contributed by atoms with Crippen LogP contribution < -0.4 is 27.6 Å². The topological polar surface area (TPSA) is 277 Å². The quantitative estimate of drug-likeness (QED) is 0.0340. The number of carboxylic acids is 1. The third-order valence-electron chi connectivity index (χ3n) is 6.39. The van der Waals surface area contributed by atoms with E-state index in [-0.39, 0.29) is 38.9 Å². The molecular formula is C23H21N9O10S3. The van der Waals surface area contributed by atoms with Crippen LogP contribution in [0.5, 0.6) is 5.75 Å². The van der Waals surface area contributed by atoms with Gasteiger partial charge < -0.3 is 31.3 Å². The Morgan fingerprint density at radius 1 is 1.31 bits per heavy atom. The number of H-pyrrole nitrogens is 1. The number of oxime groups is 1. The molecule has 2 atom stereocenters. The molecule has 2 aliphatic heterocycles. The second kappa shape index (κ2) is 12.5. The largest absolute Gasteiger partial charge is 0.503 e. The van der Waals surface area contributed by atoms with E-state index in [1.165, 1.54) is 24.2 Å². The summed E-state index contributed by atoms with van der Waals surface area (Å²) in [5.41, 5.74) is 2.74. The zero-order valence-electron chi connectivity index (χ0n) is 22.7. The van der Waals surface area contributed by atoms with Gasteiger partial charge in [0.15, 0.2) is 28.4 Å². The molecule has 2 aliphatic rings. The Morgan fingerprint density at radius 2 is 2.07 bits per heavy atom. The van der Waals surface area contributed by atoms with Gasteiger partial charge in [0.05, 0.1) is 6.20 Å². The van der Waals surface area contributed by atoms with Crippen LogP contribution in [0.1, 0.15) is 11.4 Å². The molecule has 0 aromatic carbocycles. The summed E-state index contributed by atoms with van der Waals surface area (Å²) in [7, 11) is 1.35. The van der Waals surface area contributed by atoms with Crippen molar-refractivity contribution in [2.24, 2.45) is 12.2 Å². The predicted octanol–water partition coefficient (Wildman–Crippen LogP) is -1.94. The number of amides is 2. The lowest BCUT2D eigenvalue weighted by atomic mass is 10.0. The number of hydrogen-bond acceptors (Lipinski definition) is 16. The number of nitrogens with zero attached hydrogens (tertiary/aromatic N) is 6. The van der Waals surface area contributed by atoms with Crippen LogP contribution in [-0.4, -0.2) is 91.2 Å². The van der Waals surface area contributed by atoms with Gasteiger partial charge in [-0.25, -0.2) is 14.9 Å². The minimum Gasteiger partial charge on any atom is -0.503 e. The van der Waals surface area contributed by atoms with Gasteiger partial charge in [-0.3, -0.25) is 33.4 Å². The molecular weight excluding hydrogens is 659 g/mol. The van der Waals surface area contributed by atoms with E-state index in [2.05, 4.69) is 25.7 Å². The number of aromatic hydroxyl groups is 1. The van der Waals surface area contributed by atoms with Gasteiger partial charge in [-0.05, 0) is 5.57 Å². The minimum absolute atomic E-state index is 0.00211. The van der Waals surface area contributed by atoms with Crippen LogP contribution in [0, 0.1) is 0 Å². The van der Waals surface area contributed by atoms with Gasteiger partial charge in [0, 0.05) is 30.0 Å². The lowest BCUT2D eigenvalue weighted by Crippen LogP contribution is -2.71. The Hall–Kier alpha value is -5.09. The van der Waals surface area contributed by atoms with Gasteiger partial charge in [0.2, 0.25) is 5.43 Å². The Labute approximate surface area is 262 Å². The zero-order valence-corrected chi connectivity index (χ0v) is 25.1. The van der Waals surface area contributed by atoms with Crippen molar-refractivity contribution in [3.8, 4) is 5.75 Å². The van der Waals surface area contributed by atoms with E-state index in [0.717, 1.165) is 44.8 Å². The number of thioether (sulfide) groups is 2. The highest BCUT2D eigenvalue weighted by molar-refractivity contribution is 8.01. The van der Waals surface area contributed by atoms with E-state index < -0.39 is 63.8 Å². The van der Waals surface area contributed by atoms with Gasteiger partial charge in [-0.2, -0.15) is 4.73 Å². The van der Waals surface area contributed by atoms with Crippen molar-refractivity contribution in [3.05, 3.63) is 71.2 Å². The fourth-order valence-electron chi connectivity index (χ4n) is 4.17.